The quantitative estimate of drug-likeness (QED) is 0.862. The van der Waals surface area contributed by atoms with Crippen molar-refractivity contribution in [2.24, 2.45) is 5.73 Å². The zero-order chi connectivity index (χ0) is 14.3. The van der Waals surface area contributed by atoms with E-state index in [0.717, 1.165) is 10.0 Å². The number of halogens is 2. The molecule has 3 rings (SSSR count). The summed E-state index contributed by atoms with van der Waals surface area (Å²) in [6.07, 6.45) is 0. The van der Waals surface area contributed by atoms with Crippen LogP contribution in [0.3, 0.4) is 0 Å². The molecule has 0 fully saturated rings. The van der Waals surface area contributed by atoms with Crippen molar-refractivity contribution in [3.63, 3.8) is 0 Å². The highest BCUT2D eigenvalue weighted by Gasteiger charge is 2.27. The minimum atomic E-state index is -0.610. The number of carbonyl (C=O) groups is 1. The van der Waals surface area contributed by atoms with E-state index in [-0.39, 0.29) is 5.91 Å². The number of benzene rings is 2. The third kappa shape index (κ3) is 2.40. The molecule has 1 aliphatic rings. The van der Waals surface area contributed by atoms with Gasteiger partial charge in [-0.3, -0.25) is 4.79 Å². The minimum absolute atomic E-state index is 0.204. The standard InChI is InChI=1S/C14H10BrClN2O2/c15-10-5-7(16)1-4-12(10)20-8-2-3-9-11(6-8)18-14(19)13(9)17/h1-6,13H,17H2,(H,18,19). The Balaban J connectivity index is 1.90. The second kappa shape index (κ2) is 5.09. The third-order valence-corrected chi connectivity index (χ3v) is 3.88. The van der Waals surface area contributed by atoms with Crippen LogP contribution in [0.2, 0.25) is 5.02 Å². The average Bonchev–Trinajstić information content (AvgIpc) is 2.68. The third-order valence-electron chi connectivity index (χ3n) is 3.02. The van der Waals surface area contributed by atoms with E-state index < -0.39 is 6.04 Å². The van der Waals surface area contributed by atoms with Gasteiger partial charge in [-0.1, -0.05) is 17.7 Å². The number of nitrogens with two attached hydrogens (primary N) is 1. The molecule has 2 aromatic rings. The minimum Gasteiger partial charge on any atom is -0.456 e. The van der Waals surface area contributed by atoms with Crippen molar-refractivity contribution >= 4 is 39.1 Å². The van der Waals surface area contributed by atoms with E-state index in [0.29, 0.717) is 22.2 Å². The van der Waals surface area contributed by atoms with Crippen LogP contribution in [0.4, 0.5) is 5.69 Å². The van der Waals surface area contributed by atoms with E-state index in [1.54, 1.807) is 36.4 Å². The number of amides is 1. The molecule has 0 spiro atoms. The van der Waals surface area contributed by atoms with Crippen molar-refractivity contribution in [3.05, 3.63) is 51.5 Å². The first-order valence-electron chi connectivity index (χ1n) is 5.88. The lowest BCUT2D eigenvalue weighted by Crippen LogP contribution is -2.19. The number of hydrogen-bond acceptors (Lipinski definition) is 3. The van der Waals surface area contributed by atoms with Gasteiger partial charge >= 0.3 is 0 Å². The van der Waals surface area contributed by atoms with Crippen molar-refractivity contribution in [2.75, 3.05) is 5.32 Å². The lowest BCUT2D eigenvalue weighted by molar-refractivity contribution is -0.116. The van der Waals surface area contributed by atoms with Gasteiger partial charge in [-0.25, -0.2) is 0 Å². The smallest absolute Gasteiger partial charge is 0.245 e. The molecule has 1 heterocycles. The summed E-state index contributed by atoms with van der Waals surface area (Å²) in [5.41, 5.74) is 7.22. The van der Waals surface area contributed by atoms with Crippen LogP contribution >= 0.6 is 27.5 Å². The summed E-state index contributed by atoms with van der Waals surface area (Å²) < 4.78 is 6.52. The monoisotopic (exact) mass is 352 g/mol. The zero-order valence-electron chi connectivity index (χ0n) is 10.2. The Morgan fingerprint density at radius 3 is 2.80 bits per heavy atom. The molecule has 1 amide bonds. The van der Waals surface area contributed by atoms with Gasteiger partial charge in [-0.15, -0.1) is 0 Å². The van der Waals surface area contributed by atoms with Crippen LogP contribution in [0, 0.1) is 0 Å². The van der Waals surface area contributed by atoms with Crippen LogP contribution in [0.1, 0.15) is 11.6 Å². The molecule has 1 atom stereocenters. The summed E-state index contributed by atoms with van der Waals surface area (Å²) in [5.74, 6) is 1.05. The van der Waals surface area contributed by atoms with Gasteiger partial charge < -0.3 is 15.8 Å². The largest absolute Gasteiger partial charge is 0.456 e. The maximum absolute atomic E-state index is 11.5. The van der Waals surface area contributed by atoms with Gasteiger partial charge in [0.05, 0.1) is 4.47 Å². The lowest BCUT2D eigenvalue weighted by atomic mass is 10.1. The normalized spacial score (nSPS) is 16.8. The molecular formula is C14H10BrClN2O2. The summed E-state index contributed by atoms with van der Waals surface area (Å²) in [5, 5.41) is 3.34. The Morgan fingerprint density at radius 1 is 1.25 bits per heavy atom. The highest BCUT2D eigenvalue weighted by atomic mass is 79.9. The summed E-state index contributed by atoms with van der Waals surface area (Å²) in [6.45, 7) is 0. The maximum atomic E-state index is 11.5. The predicted molar refractivity (Wildman–Crippen MR) is 81.2 cm³/mol. The second-order valence-electron chi connectivity index (χ2n) is 4.39. The van der Waals surface area contributed by atoms with E-state index in [9.17, 15) is 4.79 Å². The molecule has 1 aliphatic heterocycles. The molecule has 0 radical (unpaired) electrons. The van der Waals surface area contributed by atoms with Gasteiger partial charge in [0.1, 0.15) is 17.5 Å². The maximum Gasteiger partial charge on any atom is 0.245 e. The molecule has 4 nitrogen and oxygen atoms in total. The zero-order valence-corrected chi connectivity index (χ0v) is 12.5. The number of ether oxygens (including phenoxy) is 1. The van der Waals surface area contributed by atoms with Gasteiger partial charge in [0, 0.05) is 22.3 Å². The first kappa shape index (κ1) is 13.4. The number of nitrogens with one attached hydrogen (secondary N) is 1. The average molecular weight is 354 g/mol. The molecule has 102 valence electrons. The highest BCUT2D eigenvalue weighted by molar-refractivity contribution is 9.10. The Kier molecular flexibility index (Phi) is 3.41. The molecule has 0 saturated heterocycles. The van der Waals surface area contributed by atoms with E-state index in [2.05, 4.69) is 21.2 Å². The van der Waals surface area contributed by atoms with Crippen molar-refractivity contribution < 1.29 is 9.53 Å². The number of fused-ring (bicyclic) bond motifs is 1. The van der Waals surface area contributed by atoms with Crippen LogP contribution in [0.25, 0.3) is 0 Å². The van der Waals surface area contributed by atoms with Crippen molar-refractivity contribution in [3.8, 4) is 11.5 Å². The number of carbonyl (C=O) groups excluding carboxylic acids is 1. The number of rotatable bonds is 2. The molecule has 20 heavy (non-hydrogen) atoms. The van der Waals surface area contributed by atoms with E-state index in [1.807, 2.05) is 0 Å². The first-order chi connectivity index (χ1) is 9.54. The molecule has 2 aromatic carbocycles. The fraction of sp³-hybridized carbons (Fsp3) is 0.0714. The van der Waals surface area contributed by atoms with Crippen LogP contribution in [-0.2, 0) is 4.79 Å². The molecule has 3 N–H and O–H groups in total. The number of hydrogen-bond donors (Lipinski definition) is 2. The Bertz CT molecular complexity index is 706. The van der Waals surface area contributed by atoms with Crippen molar-refractivity contribution in [1.29, 1.82) is 0 Å². The molecular weight excluding hydrogens is 344 g/mol. The van der Waals surface area contributed by atoms with Crippen LogP contribution in [0.5, 0.6) is 11.5 Å². The molecule has 6 heteroatoms. The van der Waals surface area contributed by atoms with Crippen LogP contribution in [0.15, 0.2) is 40.9 Å². The Labute approximate surface area is 129 Å². The van der Waals surface area contributed by atoms with Gasteiger partial charge in [-0.2, -0.15) is 0 Å². The van der Waals surface area contributed by atoms with E-state index in [4.69, 9.17) is 22.1 Å². The van der Waals surface area contributed by atoms with Crippen molar-refractivity contribution in [1.82, 2.24) is 0 Å². The topological polar surface area (TPSA) is 64.4 Å². The van der Waals surface area contributed by atoms with Gasteiger partial charge in [-0.05, 0) is 40.2 Å². The van der Waals surface area contributed by atoms with Gasteiger partial charge in [0.15, 0.2) is 0 Å². The van der Waals surface area contributed by atoms with E-state index in [1.165, 1.54) is 0 Å². The fourth-order valence-electron chi connectivity index (χ4n) is 2.01. The van der Waals surface area contributed by atoms with Gasteiger partial charge in [0.25, 0.3) is 0 Å². The molecule has 0 aromatic heterocycles. The lowest BCUT2D eigenvalue weighted by Gasteiger charge is -2.09. The Hall–Kier alpha value is -1.56. The summed E-state index contributed by atoms with van der Waals surface area (Å²) in [4.78, 5) is 11.5. The summed E-state index contributed by atoms with van der Waals surface area (Å²) in [6, 6.07) is 9.97. The summed E-state index contributed by atoms with van der Waals surface area (Å²) in [7, 11) is 0. The molecule has 0 bridgehead atoms. The van der Waals surface area contributed by atoms with Crippen LogP contribution in [-0.4, -0.2) is 5.91 Å². The highest BCUT2D eigenvalue weighted by Crippen LogP contribution is 2.36. The fourth-order valence-corrected chi connectivity index (χ4v) is 2.78. The first-order valence-corrected chi connectivity index (χ1v) is 7.05. The molecule has 0 saturated carbocycles. The SMILES string of the molecule is NC1C(=O)Nc2cc(Oc3ccc(Cl)cc3Br)ccc21. The van der Waals surface area contributed by atoms with E-state index >= 15 is 0 Å². The molecule has 1 unspecified atom stereocenters. The molecule has 0 aliphatic carbocycles. The summed E-state index contributed by atoms with van der Waals surface area (Å²) >= 11 is 9.27. The van der Waals surface area contributed by atoms with Crippen LogP contribution < -0.4 is 15.8 Å². The second-order valence-corrected chi connectivity index (χ2v) is 5.68. The van der Waals surface area contributed by atoms with Gasteiger partial charge in [0.2, 0.25) is 5.91 Å². The predicted octanol–water partition coefficient (Wildman–Crippen LogP) is 3.85. The number of anilines is 1. The van der Waals surface area contributed by atoms with Crippen molar-refractivity contribution in [2.45, 2.75) is 6.04 Å². The Morgan fingerprint density at radius 2 is 2.05 bits per heavy atom.